The van der Waals surface area contributed by atoms with E-state index in [0.29, 0.717) is 6.04 Å². The third-order valence-corrected chi connectivity index (χ3v) is 3.68. The maximum absolute atomic E-state index is 11.3. The Morgan fingerprint density at radius 2 is 2.28 bits per heavy atom. The molecule has 3 nitrogen and oxygen atoms in total. The molecule has 3 heteroatoms. The van der Waals surface area contributed by atoms with Crippen LogP contribution in [0, 0.1) is 5.92 Å². The van der Waals surface area contributed by atoms with E-state index in [0.717, 1.165) is 31.0 Å². The third kappa shape index (κ3) is 3.45. The summed E-state index contributed by atoms with van der Waals surface area (Å²) in [5.74, 6) is 0.779. The Hall–Kier alpha value is -1.09. The summed E-state index contributed by atoms with van der Waals surface area (Å²) < 4.78 is 0. The fourth-order valence-electron chi connectivity index (χ4n) is 2.70. The van der Waals surface area contributed by atoms with Crippen LogP contribution >= 0.6 is 0 Å². The van der Waals surface area contributed by atoms with Crippen molar-refractivity contribution in [1.82, 2.24) is 10.3 Å². The van der Waals surface area contributed by atoms with Gasteiger partial charge in [-0.05, 0) is 50.1 Å². The molecule has 0 spiro atoms. The lowest BCUT2D eigenvalue weighted by molar-refractivity contribution is 0.434. The van der Waals surface area contributed by atoms with E-state index in [2.05, 4.69) is 24.1 Å². The van der Waals surface area contributed by atoms with E-state index in [1.807, 2.05) is 6.07 Å². The Morgan fingerprint density at radius 3 is 3.06 bits per heavy atom. The molecule has 18 heavy (non-hydrogen) atoms. The molecule has 1 unspecified atom stereocenters. The van der Waals surface area contributed by atoms with Crippen LogP contribution < -0.4 is 10.9 Å². The van der Waals surface area contributed by atoms with Crippen LogP contribution in [0.3, 0.4) is 0 Å². The minimum Gasteiger partial charge on any atom is -0.326 e. The first kappa shape index (κ1) is 13.3. The number of nitrogens with one attached hydrogen (secondary N) is 2. The number of H-pyrrole nitrogens is 1. The fourth-order valence-corrected chi connectivity index (χ4v) is 2.70. The van der Waals surface area contributed by atoms with E-state index >= 15 is 0 Å². The van der Waals surface area contributed by atoms with Crippen LogP contribution in [-0.2, 0) is 6.42 Å². The van der Waals surface area contributed by atoms with Crippen LogP contribution in [0.25, 0.3) is 0 Å². The van der Waals surface area contributed by atoms with E-state index in [4.69, 9.17) is 0 Å². The molecule has 0 aromatic carbocycles. The Balaban J connectivity index is 1.93. The summed E-state index contributed by atoms with van der Waals surface area (Å²) in [6.07, 6.45) is 5.86. The second kappa shape index (κ2) is 6.19. The number of aromatic amines is 1. The van der Waals surface area contributed by atoms with Crippen molar-refractivity contribution in [2.75, 3.05) is 6.54 Å². The minimum absolute atomic E-state index is 0.0224. The standard InChI is InChI=1S/C15H24N2O/c1-11(2)5-4-10-16-13-6-3-7-14-12(13)8-9-15(18)17-14/h8-9,11,13,16H,3-7,10H2,1-2H3,(H,17,18). The molecule has 1 aromatic rings. The SMILES string of the molecule is CC(C)CCCNC1CCCc2[nH]c(=O)ccc21. The van der Waals surface area contributed by atoms with Gasteiger partial charge in [-0.25, -0.2) is 0 Å². The van der Waals surface area contributed by atoms with Crippen molar-refractivity contribution in [3.8, 4) is 0 Å². The van der Waals surface area contributed by atoms with Gasteiger partial charge in [-0.3, -0.25) is 4.79 Å². The highest BCUT2D eigenvalue weighted by molar-refractivity contribution is 5.26. The van der Waals surface area contributed by atoms with Crippen molar-refractivity contribution in [2.24, 2.45) is 5.92 Å². The van der Waals surface area contributed by atoms with Gasteiger partial charge in [-0.2, -0.15) is 0 Å². The molecule has 1 heterocycles. The van der Waals surface area contributed by atoms with Crippen LogP contribution in [0.5, 0.6) is 0 Å². The smallest absolute Gasteiger partial charge is 0.248 e. The Morgan fingerprint density at radius 1 is 1.44 bits per heavy atom. The number of aryl methyl sites for hydroxylation is 1. The first-order chi connectivity index (χ1) is 8.66. The second-order valence-corrected chi connectivity index (χ2v) is 5.69. The van der Waals surface area contributed by atoms with Crippen LogP contribution in [-0.4, -0.2) is 11.5 Å². The van der Waals surface area contributed by atoms with E-state index in [9.17, 15) is 4.79 Å². The second-order valence-electron chi connectivity index (χ2n) is 5.69. The zero-order chi connectivity index (χ0) is 13.0. The van der Waals surface area contributed by atoms with E-state index in [1.54, 1.807) is 6.07 Å². The molecule has 0 aliphatic heterocycles. The predicted octanol–water partition coefficient (Wildman–Crippen LogP) is 2.78. The monoisotopic (exact) mass is 248 g/mol. The van der Waals surface area contributed by atoms with Crippen LogP contribution in [0.4, 0.5) is 0 Å². The summed E-state index contributed by atoms with van der Waals surface area (Å²) in [6.45, 7) is 5.60. The lowest BCUT2D eigenvalue weighted by atomic mass is 9.91. The number of aromatic nitrogens is 1. The molecule has 0 bridgehead atoms. The molecule has 1 aliphatic rings. The van der Waals surface area contributed by atoms with Gasteiger partial charge in [0.25, 0.3) is 0 Å². The molecule has 100 valence electrons. The summed E-state index contributed by atoms with van der Waals surface area (Å²) in [6, 6.07) is 4.07. The summed E-state index contributed by atoms with van der Waals surface area (Å²) >= 11 is 0. The van der Waals surface area contributed by atoms with Crippen molar-refractivity contribution < 1.29 is 0 Å². The largest absolute Gasteiger partial charge is 0.326 e. The van der Waals surface area contributed by atoms with Crippen LogP contribution in [0.2, 0.25) is 0 Å². The van der Waals surface area contributed by atoms with Gasteiger partial charge in [-0.1, -0.05) is 19.9 Å². The first-order valence-corrected chi connectivity index (χ1v) is 7.12. The van der Waals surface area contributed by atoms with E-state index < -0.39 is 0 Å². The fraction of sp³-hybridized carbons (Fsp3) is 0.667. The Kier molecular flexibility index (Phi) is 4.59. The molecule has 0 fully saturated rings. The van der Waals surface area contributed by atoms with Crippen molar-refractivity contribution in [1.29, 1.82) is 0 Å². The number of hydrogen-bond donors (Lipinski definition) is 2. The highest BCUT2D eigenvalue weighted by Crippen LogP contribution is 2.27. The molecule has 0 amide bonds. The average molecular weight is 248 g/mol. The number of fused-ring (bicyclic) bond motifs is 1. The average Bonchev–Trinajstić information content (AvgIpc) is 2.34. The quantitative estimate of drug-likeness (QED) is 0.787. The zero-order valence-corrected chi connectivity index (χ0v) is 11.5. The summed E-state index contributed by atoms with van der Waals surface area (Å²) in [5, 5.41) is 3.63. The molecule has 1 aliphatic carbocycles. The van der Waals surface area contributed by atoms with E-state index in [1.165, 1.54) is 24.8 Å². The van der Waals surface area contributed by atoms with Gasteiger partial charge >= 0.3 is 0 Å². The third-order valence-electron chi connectivity index (χ3n) is 3.68. The number of pyridine rings is 1. The Labute approximate surface area is 109 Å². The highest BCUT2D eigenvalue weighted by atomic mass is 16.1. The summed E-state index contributed by atoms with van der Waals surface area (Å²) in [7, 11) is 0. The van der Waals surface area contributed by atoms with Crippen LogP contribution in [0.1, 0.15) is 56.8 Å². The lowest BCUT2D eigenvalue weighted by Gasteiger charge is -2.26. The van der Waals surface area contributed by atoms with Crippen molar-refractivity contribution in [3.05, 3.63) is 33.7 Å². The molecule has 2 rings (SSSR count). The van der Waals surface area contributed by atoms with Crippen molar-refractivity contribution in [3.63, 3.8) is 0 Å². The minimum atomic E-state index is 0.0224. The normalized spacial score (nSPS) is 18.9. The van der Waals surface area contributed by atoms with Gasteiger partial charge in [0.15, 0.2) is 0 Å². The molecule has 1 atom stereocenters. The zero-order valence-electron chi connectivity index (χ0n) is 11.5. The molecular weight excluding hydrogens is 224 g/mol. The van der Waals surface area contributed by atoms with Crippen LogP contribution in [0.15, 0.2) is 16.9 Å². The lowest BCUT2D eigenvalue weighted by Crippen LogP contribution is -2.28. The van der Waals surface area contributed by atoms with Gasteiger partial charge in [0.05, 0.1) is 0 Å². The Bertz CT molecular complexity index is 436. The molecular formula is C15H24N2O. The maximum atomic E-state index is 11.3. The molecule has 0 radical (unpaired) electrons. The van der Waals surface area contributed by atoms with Gasteiger partial charge in [0, 0.05) is 17.8 Å². The number of rotatable bonds is 5. The molecule has 0 saturated heterocycles. The topological polar surface area (TPSA) is 44.9 Å². The molecule has 1 aromatic heterocycles. The first-order valence-electron chi connectivity index (χ1n) is 7.12. The van der Waals surface area contributed by atoms with E-state index in [-0.39, 0.29) is 5.56 Å². The molecule has 2 N–H and O–H groups in total. The summed E-state index contributed by atoms with van der Waals surface area (Å²) in [4.78, 5) is 14.3. The van der Waals surface area contributed by atoms with Gasteiger partial charge < -0.3 is 10.3 Å². The summed E-state index contributed by atoms with van der Waals surface area (Å²) in [5.41, 5.74) is 2.45. The van der Waals surface area contributed by atoms with Gasteiger partial charge in [0.2, 0.25) is 5.56 Å². The van der Waals surface area contributed by atoms with Crippen molar-refractivity contribution in [2.45, 2.75) is 52.0 Å². The molecule has 0 saturated carbocycles. The van der Waals surface area contributed by atoms with Gasteiger partial charge in [-0.15, -0.1) is 0 Å². The highest BCUT2D eigenvalue weighted by Gasteiger charge is 2.19. The van der Waals surface area contributed by atoms with Gasteiger partial charge in [0.1, 0.15) is 0 Å². The maximum Gasteiger partial charge on any atom is 0.248 e. The van der Waals surface area contributed by atoms with Crippen molar-refractivity contribution >= 4 is 0 Å². The number of hydrogen-bond acceptors (Lipinski definition) is 2. The predicted molar refractivity (Wildman–Crippen MR) is 74.8 cm³/mol.